The maximum atomic E-state index is 13.4. The first-order chi connectivity index (χ1) is 14.0. The number of halogens is 3. The normalized spacial score (nSPS) is 10.8. The van der Waals surface area contributed by atoms with Gasteiger partial charge in [0.1, 0.15) is 12.4 Å². The molecule has 2 aromatic carbocycles. The van der Waals surface area contributed by atoms with Crippen molar-refractivity contribution in [3.63, 3.8) is 0 Å². The topological polar surface area (TPSA) is 108 Å². The van der Waals surface area contributed by atoms with Gasteiger partial charge in [0.05, 0.1) is 10.5 Å². The van der Waals surface area contributed by atoms with Crippen molar-refractivity contribution in [2.45, 2.75) is 13.1 Å². The van der Waals surface area contributed by atoms with Crippen molar-refractivity contribution in [3.05, 3.63) is 70.3 Å². The van der Waals surface area contributed by atoms with Gasteiger partial charge in [-0.25, -0.2) is 4.79 Å². The molecule has 30 heavy (non-hydrogen) atoms. The van der Waals surface area contributed by atoms with Gasteiger partial charge in [-0.3, -0.25) is 14.9 Å². The maximum absolute atomic E-state index is 13.4. The number of ether oxygens (including phenoxy) is 2. The van der Waals surface area contributed by atoms with Crippen LogP contribution in [0.5, 0.6) is 11.5 Å². The molecular formula is C19H15F3N2O6. The SMILES string of the molecule is C=CCOC(=O)c1c(C(F)(F)F)ccc(Oc2ccc(NC(C)=O)cc2)c1[N+](=O)[O-]. The smallest absolute Gasteiger partial charge is 0.417 e. The Hall–Kier alpha value is -3.89. The minimum atomic E-state index is -5.05. The second kappa shape index (κ2) is 9.07. The average Bonchev–Trinajstić information content (AvgIpc) is 2.65. The van der Waals surface area contributed by atoms with Crippen LogP contribution in [0.2, 0.25) is 0 Å². The lowest BCUT2D eigenvalue weighted by Gasteiger charge is -2.15. The zero-order valence-corrected chi connectivity index (χ0v) is 15.5. The van der Waals surface area contributed by atoms with Crippen LogP contribution in [-0.4, -0.2) is 23.4 Å². The third kappa shape index (κ3) is 5.34. The fraction of sp³-hybridized carbons (Fsp3) is 0.158. The number of hydrogen-bond acceptors (Lipinski definition) is 6. The number of carbonyl (C=O) groups is 2. The van der Waals surface area contributed by atoms with E-state index in [2.05, 4.69) is 16.6 Å². The average molecular weight is 424 g/mol. The number of hydrogen-bond donors (Lipinski definition) is 1. The molecule has 0 atom stereocenters. The molecule has 0 spiro atoms. The Kier molecular flexibility index (Phi) is 6.77. The highest BCUT2D eigenvalue weighted by atomic mass is 19.4. The minimum absolute atomic E-state index is 0.0253. The number of rotatable bonds is 7. The van der Waals surface area contributed by atoms with Gasteiger partial charge >= 0.3 is 17.8 Å². The van der Waals surface area contributed by atoms with Crippen LogP contribution in [0.3, 0.4) is 0 Å². The molecule has 0 aliphatic heterocycles. The van der Waals surface area contributed by atoms with Crippen LogP contribution in [-0.2, 0) is 15.7 Å². The van der Waals surface area contributed by atoms with Crippen molar-refractivity contribution in [3.8, 4) is 11.5 Å². The number of anilines is 1. The lowest BCUT2D eigenvalue weighted by atomic mass is 10.0. The Morgan fingerprint density at radius 2 is 1.83 bits per heavy atom. The first-order valence-electron chi connectivity index (χ1n) is 8.26. The molecule has 1 N–H and O–H groups in total. The molecule has 0 saturated heterocycles. The van der Waals surface area contributed by atoms with Crippen LogP contribution in [0.25, 0.3) is 0 Å². The van der Waals surface area contributed by atoms with Crippen molar-refractivity contribution in [1.82, 2.24) is 0 Å². The molecule has 2 aromatic rings. The fourth-order valence-corrected chi connectivity index (χ4v) is 2.42. The number of alkyl halides is 3. The van der Waals surface area contributed by atoms with E-state index in [1.165, 1.54) is 31.2 Å². The van der Waals surface area contributed by atoms with Gasteiger partial charge in [-0.15, -0.1) is 0 Å². The highest BCUT2D eigenvalue weighted by Gasteiger charge is 2.42. The summed E-state index contributed by atoms with van der Waals surface area (Å²) in [5.74, 6) is -2.44. The minimum Gasteiger partial charge on any atom is -0.458 e. The molecule has 0 unspecified atom stereocenters. The van der Waals surface area contributed by atoms with Crippen LogP contribution in [0, 0.1) is 10.1 Å². The van der Waals surface area contributed by atoms with Crippen LogP contribution in [0.1, 0.15) is 22.8 Å². The Morgan fingerprint density at radius 3 is 2.33 bits per heavy atom. The van der Waals surface area contributed by atoms with Crippen LogP contribution in [0.15, 0.2) is 49.1 Å². The summed E-state index contributed by atoms with van der Waals surface area (Å²) >= 11 is 0. The van der Waals surface area contributed by atoms with Gasteiger partial charge < -0.3 is 14.8 Å². The Morgan fingerprint density at radius 1 is 1.20 bits per heavy atom. The predicted octanol–water partition coefficient (Wildman–Crippen LogP) is 4.71. The number of nitro groups is 1. The molecule has 0 bridgehead atoms. The Balaban J connectivity index is 2.54. The second-order valence-corrected chi connectivity index (χ2v) is 5.78. The number of nitro benzene ring substituents is 1. The molecule has 2 rings (SSSR count). The summed E-state index contributed by atoms with van der Waals surface area (Å²) in [6.07, 6.45) is -3.94. The molecule has 0 aliphatic carbocycles. The highest BCUT2D eigenvalue weighted by Crippen LogP contribution is 2.42. The van der Waals surface area contributed by atoms with Crippen LogP contribution < -0.4 is 10.1 Å². The Labute approximate surface area is 168 Å². The van der Waals surface area contributed by atoms with Crippen molar-refractivity contribution in [2.75, 3.05) is 11.9 Å². The van der Waals surface area contributed by atoms with Crippen LogP contribution >= 0.6 is 0 Å². The first-order valence-corrected chi connectivity index (χ1v) is 8.26. The van der Waals surface area contributed by atoms with E-state index < -0.39 is 46.2 Å². The van der Waals surface area contributed by atoms with Gasteiger partial charge in [-0.2, -0.15) is 13.2 Å². The van der Waals surface area contributed by atoms with E-state index in [0.29, 0.717) is 11.8 Å². The maximum Gasteiger partial charge on any atom is 0.417 e. The number of nitrogens with zero attached hydrogens (tertiary/aromatic N) is 1. The summed E-state index contributed by atoms with van der Waals surface area (Å²) in [6.45, 7) is 4.12. The van der Waals surface area contributed by atoms with Crippen molar-refractivity contribution in [2.24, 2.45) is 0 Å². The number of esters is 1. The van der Waals surface area contributed by atoms with Crippen LogP contribution in [0.4, 0.5) is 24.5 Å². The Bertz CT molecular complexity index is 987. The van der Waals surface area contributed by atoms with Crippen molar-refractivity contribution in [1.29, 1.82) is 0 Å². The molecule has 1 amide bonds. The van der Waals surface area contributed by atoms with E-state index in [0.717, 1.165) is 12.1 Å². The molecule has 8 nitrogen and oxygen atoms in total. The summed E-state index contributed by atoms with van der Waals surface area (Å²) < 4.78 is 50.0. The lowest BCUT2D eigenvalue weighted by molar-refractivity contribution is -0.386. The predicted molar refractivity (Wildman–Crippen MR) is 99.4 cm³/mol. The van der Waals surface area contributed by atoms with Crippen molar-refractivity contribution >= 4 is 23.3 Å². The third-order valence-corrected chi connectivity index (χ3v) is 3.57. The molecule has 0 fully saturated rings. The van der Waals surface area contributed by atoms with E-state index in [9.17, 15) is 32.9 Å². The zero-order valence-electron chi connectivity index (χ0n) is 15.5. The van der Waals surface area contributed by atoms with E-state index >= 15 is 0 Å². The molecule has 11 heteroatoms. The molecular weight excluding hydrogens is 409 g/mol. The summed E-state index contributed by atoms with van der Waals surface area (Å²) in [6, 6.07) is 6.76. The zero-order chi connectivity index (χ0) is 22.5. The van der Waals surface area contributed by atoms with Crippen molar-refractivity contribution < 1.29 is 37.2 Å². The summed E-state index contributed by atoms with van der Waals surface area (Å²) in [4.78, 5) is 33.6. The number of carbonyl (C=O) groups excluding carboxylic acids is 2. The highest BCUT2D eigenvalue weighted by molar-refractivity contribution is 5.97. The molecule has 158 valence electrons. The molecule has 0 aromatic heterocycles. The number of nitrogens with one attached hydrogen (secondary N) is 1. The van der Waals surface area contributed by atoms with Gasteiger partial charge in [-0.05, 0) is 36.4 Å². The summed E-state index contributed by atoms with van der Waals surface area (Å²) in [5, 5.41) is 14.0. The fourth-order valence-electron chi connectivity index (χ4n) is 2.42. The van der Waals surface area contributed by atoms with E-state index in [4.69, 9.17) is 4.74 Å². The second-order valence-electron chi connectivity index (χ2n) is 5.78. The molecule has 0 aliphatic rings. The molecule has 0 saturated carbocycles. The quantitative estimate of drug-likeness (QED) is 0.299. The monoisotopic (exact) mass is 424 g/mol. The van der Waals surface area contributed by atoms with Gasteiger partial charge in [0.2, 0.25) is 11.7 Å². The first kappa shape index (κ1) is 22.4. The van der Waals surface area contributed by atoms with E-state index in [1.807, 2.05) is 0 Å². The standard InChI is InChI=1S/C19H15F3N2O6/c1-3-10-29-18(26)16-14(19(20,21)22)8-9-15(17(16)24(27)28)30-13-6-4-12(5-7-13)23-11(2)25/h3-9H,1,10H2,2H3,(H,23,25). The number of benzene rings is 2. The number of amides is 1. The third-order valence-electron chi connectivity index (χ3n) is 3.57. The molecule has 0 radical (unpaired) electrons. The van der Waals surface area contributed by atoms with E-state index in [1.54, 1.807) is 0 Å². The molecule has 0 heterocycles. The lowest BCUT2D eigenvalue weighted by Crippen LogP contribution is -2.18. The van der Waals surface area contributed by atoms with Gasteiger partial charge in [0, 0.05) is 12.6 Å². The van der Waals surface area contributed by atoms with Gasteiger partial charge in [-0.1, -0.05) is 12.7 Å². The van der Waals surface area contributed by atoms with Gasteiger partial charge in [0.25, 0.3) is 0 Å². The van der Waals surface area contributed by atoms with Gasteiger partial charge in [0.15, 0.2) is 5.56 Å². The largest absolute Gasteiger partial charge is 0.458 e. The summed E-state index contributed by atoms with van der Waals surface area (Å²) in [7, 11) is 0. The summed E-state index contributed by atoms with van der Waals surface area (Å²) in [5.41, 5.74) is -3.59. The van der Waals surface area contributed by atoms with E-state index in [-0.39, 0.29) is 11.7 Å².